The summed E-state index contributed by atoms with van der Waals surface area (Å²) < 4.78 is 5.27. The van der Waals surface area contributed by atoms with Gasteiger partial charge in [-0.15, -0.1) is 0 Å². The second-order valence-corrected chi connectivity index (χ2v) is 4.25. The lowest BCUT2D eigenvalue weighted by Crippen LogP contribution is -1.92. The van der Waals surface area contributed by atoms with Gasteiger partial charge < -0.3 is 10.3 Å². The molecule has 0 spiro atoms. The van der Waals surface area contributed by atoms with Gasteiger partial charge in [0.25, 0.3) is 5.89 Å². The molecule has 1 fully saturated rings. The Morgan fingerprint density at radius 3 is 2.94 bits per heavy atom. The van der Waals surface area contributed by atoms with Gasteiger partial charge in [-0.25, -0.2) is 0 Å². The Labute approximate surface area is 93.5 Å². The number of nitrogens with zero attached hydrogens (tertiary/aromatic N) is 2. The lowest BCUT2D eigenvalue weighted by atomic mass is 10.1. The summed E-state index contributed by atoms with van der Waals surface area (Å²) in [5.74, 6) is 1.92. The van der Waals surface area contributed by atoms with Crippen LogP contribution in [0.25, 0.3) is 11.5 Å². The molecule has 0 amide bonds. The molecule has 0 unspecified atom stereocenters. The first kappa shape index (κ1) is 9.39. The molecule has 0 saturated heterocycles. The molecule has 2 aromatic rings. The third-order valence-electron chi connectivity index (χ3n) is 2.99. The van der Waals surface area contributed by atoms with E-state index in [9.17, 15) is 0 Å². The molecule has 1 aliphatic rings. The third-order valence-corrected chi connectivity index (χ3v) is 2.99. The molecule has 0 aliphatic heterocycles. The first-order chi connectivity index (χ1) is 7.75. The van der Waals surface area contributed by atoms with Crippen LogP contribution in [0.5, 0.6) is 0 Å². The highest BCUT2D eigenvalue weighted by atomic mass is 16.5. The molecular formula is C12H13N3O. The predicted molar refractivity (Wildman–Crippen MR) is 60.9 cm³/mol. The fourth-order valence-corrected chi connectivity index (χ4v) is 1.74. The average Bonchev–Trinajstić information content (AvgIpc) is 3.02. The summed E-state index contributed by atoms with van der Waals surface area (Å²) in [5.41, 5.74) is 8.52. The molecule has 1 heterocycles. The van der Waals surface area contributed by atoms with Crippen molar-refractivity contribution in [1.29, 1.82) is 0 Å². The van der Waals surface area contributed by atoms with Gasteiger partial charge in [-0.05, 0) is 37.5 Å². The van der Waals surface area contributed by atoms with Gasteiger partial charge in [0.1, 0.15) is 0 Å². The van der Waals surface area contributed by atoms with Gasteiger partial charge in [0.15, 0.2) is 5.82 Å². The fraction of sp³-hybridized carbons (Fsp3) is 0.333. The molecule has 1 aromatic carbocycles. The Balaban J connectivity index is 2.03. The highest BCUT2D eigenvalue weighted by Crippen LogP contribution is 2.39. The van der Waals surface area contributed by atoms with Crippen molar-refractivity contribution < 1.29 is 4.52 Å². The number of hydrogen-bond acceptors (Lipinski definition) is 4. The minimum absolute atomic E-state index is 0.513. The van der Waals surface area contributed by atoms with Crippen molar-refractivity contribution in [1.82, 2.24) is 10.1 Å². The van der Waals surface area contributed by atoms with Crippen LogP contribution in [0.1, 0.15) is 30.1 Å². The van der Waals surface area contributed by atoms with E-state index in [4.69, 9.17) is 10.3 Å². The van der Waals surface area contributed by atoms with Crippen LogP contribution in [0.15, 0.2) is 22.7 Å². The van der Waals surface area contributed by atoms with Crippen molar-refractivity contribution in [2.24, 2.45) is 0 Å². The molecular weight excluding hydrogens is 202 g/mol. The maximum absolute atomic E-state index is 5.85. The van der Waals surface area contributed by atoms with E-state index < -0.39 is 0 Å². The van der Waals surface area contributed by atoms with Crippen LogP contribution in [0, 0.1) is 6.92 Å². The van der Waals surface area contributed by atoms with Crippen LogP contribution in [0.3, 0.4) is 0 Å². The number of hydrogen-bond donors (Lipinski definition) is 1. The zero-order valence-electron chi connectivity index (χ0n) is 9.10. The lowest BCUT2D eigenvalue weighted by molar-refractivity contribution is 0.422. The number of aromatic nitrogens is 2. The van der Waals surface area contributed by atoms with Gasteiger partial charge in [0.05, 0.1) is 0 Å². The highest BCUT2D eigenvalue weighted by Gasteiger charge is 2.29. The summed E-state index contributed by atoms with van der Waals surface area (Å²) in [7, 11) is 0. The zero-order chi connectivity index (χ0) is 11.1. The van der Waals surface area contributed by atoms with E-state index in [1.165, 1.54) is 12.8 Å². The van der Waals surface area contributed by atoms with Crippen LogP contribution in [-0.2, 0) is 0 Å². The van der Waals surface area contributed by atoms with E-state index in [1.807, 2.05) is 25.1 Å². The summed E-state index contributed by atoms with van der Waals surface area (Å²) >= 11 is 0. The Bertz CT molecular complexity index is 529. The van der Waals surface area contributed by atoms with Crippen LogP contribution in [-0.4, -0.2) is 10.1 Å². The lowest BCUT2D eigenvalue weighted by Gasteiger charge is -2.02. The van der Waals surface area contributed by atoms with Crippen molar-refractivity contribution in [3.8, 4) is 11.5 Å². The molecule has 1 aromatic heterocycles. The van der Waals surface area contributed by atoms with Crippen LogP contribution in [0.4, 0.5) is 5.69 Å². The molecule has 1 aliphatic carbocycles. The quantitative estimate of drug-likeness (QED) is 0.782. The number of benzene rings is 1. The van der Waals surface area contributed by atoms with Gasteiger partial charge in [-0.2, -0.15) is 4.98 Å². The molecule has 4 nitrogen and oxygen atoms in total. The monoisotopic (exact) mass is 215 g/mol. The van der Waals surface area contributed by atoms with Crippen molar-refractivity contribution in [2.75, 3.05) is 5.73 Å². The van der Waals surface area contributed by atoms with E-state index in [0.717, 1.165) is 22.6 Å². The average molecular weight is 215 g/mol. The molecule has 2 N–H and O–H groups in total. The predicted octanol–water partition coefficient (Wildman–Crippen LogP) is 2.50. The fourth-order valence-electron chi connectivity index (χ4n) is 1.74. The molecule has 4 heteroatoms. The van der Waals surface area contributed by atoms with Gasteiger partial charge in [0, 0.05) is 17.2 Å². The summed E-state index contributed by atoms with van der Waals surface area (Å²) in [6.45, 7) is 1.96. The maximum atomic E-state index is 5.85. The maximum Gasteiger partial charge on any atom is 0.258 e. The second kappa shape index (κ2) is 3.33. The Morgan fingerprint density at radius 2 is 2.19 bits per heavy atom. The molecule has 0 atom stereocenters. The van der Waals surface area contributed by atoms with E-state index in [2.05, 4.69) is 10.1 Å². The van der Waals surface area contributed by atoms with E-state index >= 15 is 0 Å². The zero-order valence-corrected chi connectivity index (χ0v) is 9.10. The number of nitrogen functional groups attached to an aromatic ring is 1. The molecule has 0 bridgehead atoms. The Kier molecular flexibility index (Phi) is 1.96. The Hall–Kier alpha value is -1.84. The van der Waals surface area contributed by atoms with Crippen molar-refractivity contribution in [3.63, 3.8) is 0 Å². The van der Waals surface area contributed by atoms with Crippen molar-refractivity contribution in [2.45, 2.75) is 25.7 Å². The van der Waals surface area contributed by atoms with Gasteiger partial charge in [-0.3, -0.25) is 0 Å². The normalized spacial score (nSPS) is 15.3. The molecule has 16 heavy (non-hydrogen) atoms. The summed E-state index contributed by atoms with van der Waals surface area (Å²) in [4.78, 5) is 4.41. The SMILES string of the molecule is Cc1c(N)cccc1-c1nc(C2CC2)no1. The van der Waals surface area contributed by atoms with E-state index in [0.29, 0.717) is 11.8 Å². The number of nitrogens with two attached hydrogens (primary N) is 1. The highest BCUT2D eigenvalue weighted by molar-refractivity contribution is 5.66. The summed E-state index contributed by atoms with van der Waals surface area (Å²) in [5, 5.41) is 4.00. The van der Waals surface area contributed by atoms with E-state index in [1.54, 1.807) is 0 Å². The van der Waals surface area contributed by atoms with Crippen LogP contribution < -0.4 is 5.73 Å². The molecule has 82 valence electrons. The number of rotatable bonds is 2. The third kappa shape index (κ3) is 1.46. The number of anilines is 1. The van der Waals surface area contributed by atoms with Gasteiger partial charge in [-0.1, -0.05) is 11.2 Å². The van der Waals surface area contributed by atoms with Gasteiger partial charge in [0.2, 0.25) is 0 Å². The summed E-state index contributed by atoms with van der Waals surface area (Å²) in [6.07, 6.45) is 2.35. The molecule has 1 saturated carbocycles. The minimum atomic E-state index is 0.513. The standard InChI is InChI=1S/C12H13N3O/c1-7-9(3-2-4-10(7)13)12-14-11(15-16-12)8-5-6-8/h2-4,8H,5-6,13H2,1H3. The molecule has 0 radical (unpaired) electrons. The van der Waals surface area contributed by atoms with Crippen molar-refractivity contribution in [3.05, 3.63) is 29.6 Å². The first-order valence-corrected chi connectivity index (χ1v) is 5.45. The van der Waals surface area contributed by atoms with Gasteiger partial charge >= 0.3 is 0 Å². The van der Waals surface area contributed by atoms with Crippen LogP contribution >= 0.6 is 0 Å². The van der Waals surface area contributed by atoms with E-state index in [-0.39, 0.29) is 0 Å². The topological polar surface area (TPSA) is 64.9 Å². The minimum Gasteiger partial charge on any atom is -0.398 e. The summed E-state index contributed by atoms with van der Waals surface area (Å²) in [6, 6.07) is 5.73. The largest absolute Gasteiger partial charge is 0.398 e. The van der Waals surface area contributed by atoms with Crippen LogP contribution in [0.2, 0.25) is 0 Å². The smallest absolute Gasteiger partial charge is 0.258 e. The van der Waals surface area contributed by atoms with Crippen molar-refractivity contribution >= 4 is 5.69 Å². The first-order valence-electron chi connectivity index (χ1n) is 5.45. The molecule has 3 rings (SSSR count). The Morgan fingerprint density at radius 1 is 1.38 bits per heavy atom. The second-order valence-electron chi connectivity index (χ2n) is 4.25.